The number of hydrogen-bond acceptors (Lipinski definition) is 3. The standard InChI is InChI=1S/C20H25ClN4O/c1-24-13-17(19(23-24)16-4-2-3-5-18(16)21)20(26)25-10-8-15(9-11-25)22-12-14-6-7-14/h2-5,13-15,22H,6-12H2,1H3. The van der Waals surface area contributed by atoms with Crippen molar-refractivity contribution in [3.05, 3.63) is 41.0 Å². The van der Waals surface area contributed by atoms with Crippen LogP contribution in [0.1, 0.15) is 36.0 Å². The average molecular weight is 373 g/mol. The molecule has 4 rings (SSSR count). The van der Waals surface area contributed by atoms with Gasteiger partial charge in [0.2, 0.25) is 0 Å². The number of rotatable bonds is 5. The van der Waals surface area contributed by atoms with Gasteiger partial charge in [0, 0.05) is 37.9 Å². The molecule has 1 aliphatic carbocycles. The van der Waals surface area contributed by atoms with E-state index >= 15 is 0 Å². The lowest BCUT2D eigenvalue weighted by Gasteiger charge is -2.32. The van der Waals surface area contributed by atoms with Crippen molar-refractivity contribution >= 4 is 17.5 Å². The Morgan fingerprint density at radius 1 is 1.23 bits per heavy atom. The molecule has 1 aromatic carbocycles. The molecule has 1 N–H and O–H groups in total. The summed E-state index contributed by atoms with van der Waals surface area (Å²) < 4.78 is 1.69. The Labute approximate surface area is 159 Å². The van der Waals surface area contributed by atoms with Crippen LogP contribution in [-0.4, -0.2) is 46.3 Å². The van der Waals surface area contributed by atoms with Crippen LogP contribution in [0.15, 0.2) is 30.5 Å². The van der Waals surface area contributed by atoms with E-state index < -0.39 is 0 Å². The molecule has 0 bridgehead atoms. The van der Waals surface area contributed by atoms with Crippen LogP contribution in [0.4, 0.5) is 0 Å². The van der Waals surface area contributed by atoms with Gasteiger partial charge in [-0.25, -0.2) is 0 Å². The van der Waals surface area contributed by atoms with Crippen molar-refractivity contribution in [1.29, 1.82) is 0 Å². The molecule has 26 heavy (non-hydrogen) atoms. The SMILES string of the molecule is Cn1cc(C(=O)N2CCC(NCC3CC3)CC2)c(-c2ccccc2Cl)n1. The number of likely N-dealkylation sites (tertiary alicyclic amines) is 1. The first-order valence-electron chi connectivity index (χ1n) is 9.43. The highest BCUT2D eigenvalue weighted by molar-refractivity contribution is 6.33. The van der Waals surface area contributed by atoms with Gasteiger partial charge in [-0.1, -0.05) is 29.8 Å². The topological polar surface area (TPSA) is 50.2 Å². The summed E-state index contributed by atoms with van der Waals surface area (Å²) in [6, 6.07) is 8.08. The lowest BCUT2D eigenvalue weighted by molar-refractivity contribution is 0.0705. The summed E-state index contributed by atoms with van der Waals surface area (Å²) >= 11 is 6.33. The average Bonchev–Trinajstić information content (AvgIpc) is 3.41. The zero-order valence-electron chi connectivity index (χ0n) is 15.1. The molecule has 2 fully saturated rings. The van der Waals surface area contributed by atoms with Crippen LogP contribution >= 0.6 is 11.6 Å². The molecule has 6 heteroatoms. The fourth-order valence-electron chi connectivity index (χ4n) is 3.61. The molecule has 138 valence electrons. The number of aryl methyl sites for hydroxylation is 1. The Kier molecular flexibility index (Phi) is 5.00. The van der Waals surface area contributed by atoms with Crippen molar-refractivity contribution < 1.29 is 4.79 Å². The summed E-state index contributed by atoms with van der Waals surface area (Å²) in [7, 11) is 1.84. The molecule has 0 spiro atoms. The number of nitrogens with one attached hydrogen (secondary N) is 1. The molecule has 1 saturated heterocycles. The van der Waals surface area contributed by atoms with E-state index in [0.29, 0.717) is 22.3 Å². The van der Waals surface area contributed by atoms with Crippen LogP contribution in [0.25, 0.3) is 11.3 Å². The highest BCUT2D eigenvalue weighted by atomic mass is 35.5. The lowest BCUT2D eigenvalue weighted by atomic mass is 10.0. The van der Waals surface area contributed by atoms with Gasteiger partial charge >= 0.3 is 0 Å². The van der Waals surface area contributed by atoms with Crippen molar-refractivity contribution in [2.45, 2.75) is 31.7 Å². The second-order valence-electron chi connectivity index (χ2n) is 7.46. The van der Waals surface area contributed by atoms with Crippen molar-refractivity contribution in [3.8, 4) is 11.3 Å². The molecule has 2 aromatic rings. The summed E-state index contributed by atoms with van der Waals surface area (Å²) in [6.45, 7) is 2.72. The zero-order chi connectivity index (χ0) is 18.1. The monoisotopic (exact) mass is 372 g/mol. The maximum Gasteiger partial charge on any atom is 0.257 e. The van der Waals surface area contributed by atoms with Crippen LogP contribution < -0.4 is 5.32 Å². The Hall–Kier alpha value is -1.85. The van der Waals surface area contributed by atoms with Crippen LogP contribution in [-0.2, 0) is 7.05 Å². The third-order valence-corrected chi connectivity index (χ3v) is 5.69. The van der Waals surface area contributed by atoms with E-state index in [1.54, 1.807) is 10.9 Å². The molecule has 2 heterocycles. The van der Waals surface area contributed by atoms with Gasteiger partial charge in [0.15, 0.2) is 0 Å². The molecular formula is C20H25ClN4O. The summed E-state index contributed by atoms with van der Waals surface area (Å²) in [6.07, 6.45) is 6.57. The number of carbonyl (C=O) groups excluding carboxylic acids is 1. The van der Waals surface area contributed by atoms with E-state index in [1.165, 1.54) is 12.8 Å². The summed E-state index contributed by atoms with van der Waals surface area (Å²) in [5, 5.41) is 8.77. The second-order valence-corrected chi connectivity index (χ2v) is 7.87. The molecule has 1 aliphatic heterocycles. The van der Waals surface area contributed by atoms with Crippen molar-refractivity contribution in [3.63, 3.8) is 0 Å². The third kappa shape index (κ3) is 3.79. The second kappa shape index (κ2) is 7.41. The third-order valence-electron chi connectivity index (χ3n) is 5.36. The number of halogens is 1. The van der Waals surface area contributed by atoms with Crippen LogP contribution in [0.2, 0.25) is 5.02 Å². The molecule has 0 atom stereocenters. The van der Waals surface area contributed by atoms with E-state index in [1.807, 2.05) is 36.2 Å². The van der Waals surface area contributed by atoms with Gasteiger partial charge in [-0.3, -0.25) is 9.48 Å². The largest absolute Gasteiger partial charge is 0.338 e. The number of hydrogen-bond donors (Lipinski definition) is 1. The maximum absolute atomic E-state index is 13.1. The van der Waals surface area contributed by atoms with Crippen molar-refractivity contribution in [2.24, 2.45) is 13.0 Å². The molecule has 1 amide bonds. The molecular weight excluding hydrogens is 348 g/mol. The minimum Gasteiger partial charge on any atom is -0.338 e. The van der Waals surface area contributed by atoms with Gasteiger partial charge in [-0.2, -0.15) is 5.10 Å². The van der Waals surface area contributed by atoms with Gasteiger partial charge < -0.3 is 10.2 Å². The molecule has 1 saturated carbocycles. The molecule has 0 radical (unpaired) electrons. The zero-order valence-corrected chi connectivity index (χ0v) is 15.9. The minimum absolute atomic E-state index is 0.0497. The number of piperidine rings is 1. The predicted molar refractivity (Wildman–Crippen MR) is 103 cm³/mol. The van der Waals surface area contributed by atoms with Crippen molar-refractivity contribution in [1.82, 2.24) is 20.0 Å². The highest BCUT2D eigenvalue weighted by Crippen LogP contribution is 2.30. The first-order valence-corrected chi connectivity index (χ1v) is 9.81. The highest BCUT2D eigenvalue weighted by Gasteiger charge is 2.28. The molecule has 1 aromatic heterocycles. The van der Waals surface area contributed by atoms with E-state index in [4.69, 9.17) is 11.6 Å². The number of aromatic nitrogens is 2. The summed E-state index contributed by atoms with van der Waals surface area (Å²) in [5.74, 6) is 0.942. The van der Waals surface area contributed by atoms with Crippen molar-refractivity contribution in [2.75, 3.05) is 19.6 Å². The van der Waals surface area contributed by atoms with Gasteiger partial charge in [0.1, 0.15) is 5.69 Å². The summed E-state index contributed by atoms with van der Waals surface area (Å²) in [5.41, 5.74) is 2.10. The predicted octanol–water partition coefficient (Wildman–Crippen LogP) is 3.34. The maximum atomic E-state index is 13.1. The van der Waals surface area contributed by atoms with Gasteiger partial charge in [-0.15, -0.1) is 0 Å². The fourth-order valence-corrected chi connectivity index (χ4v) is 3.83. The number of benzene rings is 1. The molecule has 5 nitrogen and oxygen atoms in total. The van der Waals surface area contributed by atoms with E-state index in [9.17, 15) is 4.79 Å². The Morgan fingerprint density at radius 2 is 1.96 bits per heavy atom. The van der Waals surface area contributed by atoms with Crippen LogP contribution in [0.5, 0.6) is 0 Å². The Morgan fingerprint density at radius 3 is 2.65 bits per heavy atom. The minimum atomic E-state index is 0.0497. The van der Waals surface area contributed by atoms with Crippen LogP contribution in [0.3, 0.4) is 0 Å². The quantitative estimate of drug-likeness (QED) is 0.875. The van der Waals surface area contributed by atoms with Gasteiger partial charge in [-0.05, 0) is 44.2 Å². The Bertz CT molecular complexity index is 791. The number of nitrogens with zero attached hydrogens (tertiary/aromatic N) is 3. The van der Waals surface area contributed by atoms with Gasteiger partial charge in [0.25, 0.3) is 5.91 Å². The van der Waals surface area contributed by atoms with Crippen LogP contribution in [0, 0.1) is 5.92 Å². The number of carbonyl (C=O) groups is 1. The van der Waals surface area contributed by atoms with E-state index in [-0.39, 0.29) is 5.91 Å². The van der Waals surface area contributed by atoms with E-state index in [2.05, 4.69) is 10.4 Å². The Balaban J connectivity index is 1.46. The molecule has 0 unspecified atom stereocenters. The first kappa shape index (κ1) is 17.6. The summed E-state index contributed by atoms with van der Waals surface area (Å²) in [4.78, 5) is 15.1. The normalized spacial score (nSPS) is 18.3. The van der Waals surface area contributed by atoms with E-state index in [0.717, 1.165) is 44.0 Å². The first-order chi connectivity index (χ1) is 12.6. The fraction of sp³-hybridized carbons (Fsp3) is 0.500. The smallest absolute Gasteiger partial charge is 0.257 e. The van der Waals surface area contributed by atoms with Gasteiger partial charge in [0.05, 0.1) is 10.6 Å². The lowest BCUT2D eigenvalue weighted by Crippen LogP contribution is -2.45. The molecule has 2 aliphatic rings. The number of amides is 1.